The number of nitrogens with zero attached hydrogens (tertiary/aromatic N) is 1. The van der Waals surface area contributed by atoms with Gasteiger partial charge in [0.2, 0.25) is 0 Å². The molecule has 2 heteroatoms. The van der Waals surface area contributed by atoms with Crippen LogP contribution in [-0.4, -0.2) is 0 Å². The van der Waals surface area contributed by atoms with Crippen LogP contribution < -0.4 is 4.90 Å². The van der Waals surface area contributed by atoms with E-state index in [0.29, 0.717) is 0 Å². The monoisotopic (exact) mass is 637 g/mol. The predicted octanol–water partition coefficient (Wildman–Crippen LogP) is 13.8. The van der Waals surface area contributed by atoms with E-state index in [1.165, 1.54) is 49.2 Å². The molecule has 1 heterocycles. The van der Waals surface area contributed by atoms with Gasteiger partial charge in [-0.1, -0.05) is 133 Å². The average molecular weight is 638 g/mol. The molecular formula is C48H31NO. The summed E-state index contributed by atoms with van der Waals surface area (Å²) in [6.45, 7) is 0. The molecule has 0 atom stereocenters. The van der Waals surface area contributed by atoms with Gasteiger partial charge in [-0.15, -0.1) is 0 Å². The standard InChI is InChI=1S/C48H31NO/c1-3-13-32(14-4-1)45-31-46-42-28-27-37(30-47(42)50-48(46)43-22-12-11-21-41(43)45)49(35-16-5-2-6-17-35)36-25-23-33(24-26-36)44-29-34-15-7-8-18-38(34)39-19-9-10-20-40(39)44/h1-31H. The van der Waals surface area contributed by atoms with Gasteiger partial charge >= 0.3 is 0 Å². The predicted molar refractivity (Wildman–Crippen MR) is 212 cm³/mol. The normalized spacial score (nSPS) is 11.6. The van der Waals surface area contributed by atoms with E-state index in [0.717, 1.165) is 44.4 Å². The summed E-state index contributed by atoms with van der Waals surface area (Å²) in [5.41, 5.74) is 9.84. The SMILES string of the molecule is c1ccc(-c2cc3c4ccc(N(c5ccccc5)c5ccc(-c6cc7ccccc7c7ccccc67)cc5)cc4oc3c3ccccc23)cc1. The summed E-state index contributed by atoms with van der Waals surface area (Å²) in [5.74, 6) is 0. The van der Waals surface area contributed by atoms with Crippen molar-refractivity contribution in [3.8, 4) is 22.3 Å². The molecule has 234 valence electrons. The molecule has 0 aliphatic rings. The van der Waals surface area contributed by atoms with Crippen LogP contribution >= 0.6 is 0 Å². The van der Waals surface area contributed by atoms with E-state index in [4.69, 9.17) is 4.42 Å². The summed E-state index contributed by atoms with van der Waals surface area (Å²) >= 11 is 0. The zero-order valence-electron chi connectivity index (χ0n) is 27.3. The van der Waals surface area contributed by atoms with E-state index >= 15 is 0 Å². The molecule has 0 bridgehead atoms. The third kappa shape index (κ3) is 4.57. The lowest BCUT2D eigenvalue weighted by Crippen LogP contribution is -2.09. The van der Waals surface area contributed by atoms with Crippen molar-refractivity contribution >= 4 is 71.3 Å². The van der Waals surface area contributed by atoms with Crippen LogP contribution in [0.1, 0.15) is 0 Å². The summed E-state index contributed by atoms with van der Waals surface area (Å²) in [6, 6.07) is 67.3. The first-order valence-corrected chi connectivity index (χ1v) is 17.1. The molecule has 1 aromatic heterocycles. The topological polar surface area (TPSA) is 16.4 Å². The first-order valence-electron chi connectivity index (χ1n) is 17.1. The van der Waals surface area contributed by atoms with E-state index in [-0.39, 0.29) is 0 Å². The molecule has 0 saturated heterocycles. The van der Waals surface area contributed by atoms with Gasteiger partial charge < -0.3 is 9.32 Å². The maximum Gasteiger partial charge on any atom is 0.143 e. The van der Waals surface area contributed by atoms with Gasteiger partial charge in [0.25, 0.3) is 0 Å². The van der Waals surface area contributed by atoms with E-state index in [2.05, 4.69) is 193 Å². The Morgan fingerprint density at radius 1 is 0.320 bits per heavy atom. The van der Waals surface area contributed by atoms with Gasteiger partial charge in [0, 0.05) is 39.3 Å². The van der Waals surface area contributed by atoms with Crippen LogP contribution in [0.25, 0.3) is 76.5 Å². The maximum atomic E-state index is 6.75. The van der Waals surface area contributed by atoms with Crippen molar-refractivity contribution in [3.05, 3.63) is 188 Å². The minimum atomic E-state index is 0.869. The largest absolute Gasteiger partial charge is 0.455 e. The van der Waals surface area contributed by atoms with Gasteiger partial charge in [-0.2, -0.15) is 0 Å². The zero-order valence-corrected chi connectivity index (χ0v) is 27.3. The Morgan fingerprint density at radius 2 is 0.860 bits per heavy atom. The second-order valence-corrected chi connectivity index (χ2v) is 12.9. The van der Waals surface area contributed by atoms with E-state index in [9.17, 15) is 0 Å². The second-order valence-electron chi connectivity index (χ2n) is 12.9. The van der Waals surface area contributed by atoms with Crippen molar-refractivity contribution in [3.63, 3.8) is 0 Å². The third-order valence-corrected chi connectivity index (χ3v) is 10.0. The molecule has 0 amide bonds. The molecule has 2 nitrogen and oxygen atoms in total. The Kier molecular flexibility index (Phi) is 6.53. The van der Waals surface area contributed by atoms with Crippen LogP contribution in [0.5, 0.6) is 0 Å². The quantitative estimate of drug-likeness (QED) is 0.175. The Bertz CT molecular complexity index is 2850. The van der Waals surface area contributed by atoms with E-state index in [1.807, 2.05) is 0 Å². The fourth-order valence-electron chi connectivity index (χ4n) is 7.69. The first-order chi connectivity index (χ1) is 24.8. The summed E-state index contributed by atoms with van der Waals surface area (Å²) in [5, 5.41) is 9.62. The van der Waals surface area contributed by atoms with Crippen molar-refractivity contribution in [1.29, 1.82) is 0 Å². The van der Waals surface area contributed by atoms with Crippen LogP contribution in [0.3, 0.4) is 0 Å². The van der Waals surface area contributed by atoms with Gasteiger partial charge in [0.15, 0.2) is 0 Å². The highest BCUT2D eigenvalue weighted by atomic mass is 16.3. The molecule has 0 aliphatic carbocycles. The van der Waals surface area contributed by atoms with Crippen molar-refractivity contribution in [2.75, 3.05) is 4.90 Å². The number of rotatable bonds is 5. The van der Waals surface area contributed by atoms with Crippen LogP contribution in [-0.2, 0) is 0 Å². The van der Waals surface area contributed by atoms with E-state index < -0.39 is 0 Å². The minimum Gasteiger partial charge on any atom is -0.455 e. The van der Waals surface area contributed by atoms with Gasteiger partial charge in [0.1, 0.15) is 11.2 Å². The minimum absolute atomic E-state index is 0.869. The number of hydrogen-bond acceptors (Lipinski definition) is 2. The van der Waals surface area contributed by atoms with Gasteiger partial charge in [-0.25, -0.2) is 0 Å². The third-order valence-electron chi connectivity index (χ3n) is 10.0. The molecule has 0 saturated carbocycles. The maximum absolute atomic E-state index is 6.75. The first kappa shape index (κ1) is 28.4. The van der Waals surface area contributed by atoms with Crippen LogP contribution in [0.4, 0.5) is 17.1 Å². The van der Waals surface area contributed by atoms with Crippen LogP contribution in [0.15, 0.2) is 192 Å². The second kappa shape index (κ2) is 11.5. The molecule has 10 rings (SSSR count). The summed E-state index contributed by atoms with van der Waals surface area (Å²) < 4.78 is 6.75. The fraction of sp³-hybridized carbons (Fsp3) is 0. The Labute approximate surface area is 290 Å². The van der Waals surface area contributed by atoms with Crippen LogP contribution in [0.2, 0.25) is 0 Å². The molecular weight excluding hydrogens is 607 g/mol. The smallest absolute Gasteiger partial charge is 0.143 e. The van der Waals surface area contributed by atoms with Crippen molar-refractivity contribution in [1.82, 2.24) is 0 Å². The number of benzene rings is 9. The lowest BCUT2D eigenvalue weighted by Gasteiger charge is -2.25. The number of anilines is 3. The molecule has 0 fully saturated rings. The molecule has 0 spiro atoms. The van der Waals surface area contributed by atoms with Crippen LogP contribution in [0, 0.1) is 0 Å². The highest BCUT2D eigenvalue weighted by Gasteiger charge is 2.18. The summed E-state index contributed by atoms with van der Waals surface area (Å²) in [7, 11) is 0. The zero-order chi connectivity index (χ0) is 33.0. The van der Waals surface area contributed by atoms with Gasteiger partial charge in [0.05, 0.1) is 0 Å². The summed E-state index contributed by atoms with van der Waals surface area (Å²) in [4.78, 5) is 2.31. The number of furan rings is 1. The Balaban J connectivity index is 1.12. The Morgan fingerprint density at radius 3 is 1.62 bits per heavy atom. The number of para-hydroxylation sites is 1. The molecule has 0 radical (unpaired) electrons. The van der Waals surface area contributed by atoms with Gasteiger partial charge in [-0.3, -0.25) is 0 Å². The lowest BCUT2D eigenvalue weighted by atomic mass is 9.93. The van der Waals surface area contributed by atoms with Crippen molar-refractivity contribution < 1.29 is 4.42 Å². The molecule has 50 heavy (non-hydrogen) atoms. The van der Waals surface area contributed by atoms with Crippen molar-refractivity contribution in [2.45, 2.75) is 0 Å². The molecule has 0 aliphatic heterocycles. The molecule has 10 aromatic rings. The van der Waals surface area contributed by atoms with Crippen molar-refractivity contribution in [2.24, 2.45) is 0 Å². The summed E-state index contributed by atoms with van der Waals surface area (Å²) in [6.07, 6.45) is 0. The van der Waals surface area contributed by atoms with Gasteiger partial charge in [-0.05, 0) is 97.7 Å². The lowest BCUT2D eigenvalue weighted by molar-refractivity contribution is 0.673. The number of hydrogen-bond donors (Lipinski definition) is 0. The highest BCUT2D eigenvalue weighted by molar-refractivity contribution is 6.19. The fourth-order valence-corrected chi connectivity index (χ4v) is 7.69. The molecule has 9 aromatic carbocycles. The highest BCUT2D eigenvalue weighted by Crippen LogP contribution is 2.43. The average Bonchev–Trinajstić information content (AvgIpc) is 3.56. The Hall–Kier alpha value is -6.64. The number of fused-ring (bicyclic) bond motifs is 8. The van der Waals surface area contributed by atoms with E-state index in [1.54, 1.807) is 0 Å². The molecule has 0 unspecified atom stereocenters. The molecule has 0 N–H and O–H groups in total.